The zero-order valence-corrected chi connectivity index (χ0v) is 18.0. The molecule has 1 N–H and O–H groups in total. The van der Waals surface area contributed by atoms with E-state index >= 15 is 0 Å². The lowest BCUT2D eigenvalue weighted by Crippen LogP contribution is -2.46. The third-order valence-corrected chi connectivity index (χ3v) is 6.58. The summed E-state index contributed by atoms with van der Waals surface area (Å²) >= 11 is 0. The topological polar surface area (TPSA) is 35.6 Å². The second-order valence-corrected chi connectivity index (χ2v) is 9.14. The van der Waals surface area contributed by atoms with Gasteiger partial charge >= 0.3 is 0 Å². The first-order valence-corrected chi connectivity index (χ1v) is 10.9. The Morgan fingerprint density at radius 1 is 1.07 bits per heavy atom. The first kappa shape index (κ1) is 20.1. The van der Waals surface area contributed by atoms with Crippen molar-refractivity contribution in [3.05, 3.63) is 70.3 Å². The summed E-state index contributed by atoms with van der Waals surface area (Å²) in [4.78, 5) is 17.7. The van der Waals surface area contributed by atoms with Gasteiger partial charge in [-0.15, -0.1) is 0 Å². The Labute approximate surface area is 174 Å². The molecule has 0 aliphatic carbocycles. The molecule has 2 aromatic carbocycles. The van der Waals surface area contributed by atoms with Crippen LogP contribution in [0.4, 0.5) is 0 Å². The van der Waals surface area contributed by atoms with Gasteiger partial charge in [-0.2, -0.15) is 0 Å². The molecule has 0 aromatic heterocycles. The van der Waals surface area contributed by atoms with Gasteiger partial charge in [0.15, 0.2) is 0 Å². The number of nitrogens with zero attached hydrogens (tertiary/aromatic N) is 2. The Bertz CT molecular complexity index is 883. The van der Waals surface area contributed by atoms with Gasteiger partial charge in [-0.1, -0.05) is 42.0 Å². The van der Waals surface area contributed by atoms with Crippen molar-refractivity contribution in [2.45, 2.75) is 52.2 Å². The summed E-state index contributed by atoms with van der Waals surface area (Å²) in [5, 5.41) is 3.33. The fourth-order valence-corrected chi connectivity index (χ4v) is 4.56. The first-order chi connectivity index (χ1) is 13.9. The number of benzene rings is 2. The molecule has 4 nitrogen and oxygen atoms in total. The lowest BCUT2D eigenvalue weighted by atomic mass is 9.93. The van der Waals surface area contributed by atoms with Crippen LogP contribution in [0.25, 0.3) is 0 Å². The Morgan fingerprint density at radius 2 is 1.83 bits per heavy atom. The van der Waals surface area contributed by atoms with Gasteiger partial charge in [-0.3, -0.25) is 9.69 Å². The third-order valence-electron chi connectivity index (χ3n) is 6.58. The number of fused-ring (bicyclic) bond motifs is 1. The van der Waals surface area contributed by atoms with Crippen LogP contribution in [0.2, 0.25) is 0 Å². The molecule has 29 heavy (non-hydrogen) atoms. The van der Waals surface area contributed by atoms with E-state index in [2.05, 4.69) is 67.4 Å². The van der Waals surface area contributed by atoms with Gasteiger partial charge in [-0.05, 0) is 56.4 Å². The van der Waals surface area contributed by atoms with E-state index < -0.39 is 0 Å². The summed E-state index contributed by atoms with van der Waals surface area (Å²) < 4.78 is 0. The number of piperazine rings is 1. The van der Waals surface area contributed by atoms with E-state index in [4.69, 9.17) is 0 Å². The summed E-state index contributed by atoms with van der Waals surface area (Å²) in [7, 11) is 0. The molecule has 2 aliphatic rings. The van der Waals surface area contributed by atoms with E-state index in [1.807, 2.05) is 11.0 Å². The van der Waals surface area contributed by atoms with Crippen LogP contribution in [0.5, 0.6) is 0 Å². The predicted molar refractivity (Wildman–Crippen MR) is 118 cm³/mol. The van der Waals surface area contributed by atoms with Gasteiger partial charge in [0.2, 0.25) is 0 Å². The molecule has 2 aliphatic heterocycles. The zero-order valence-electron chi connectivity index (χ0n) is 18.0. The molecule has 0 saturated carbocycles. The molecule has 0 spiro atoms. The molecular formula is C25H33N3O. The lowest BCUT2D eigenvalue weighted by Gasteiger charge is -2.36. The van der Waals surface area contributed by atoms with Crippen molar-refractivity contribution in [3.8, 4) is 0 Å². The molecule has 1 fully saturated rings. The summed E-state index contributed by atoms with van der Waals surface area (Å²) in [5.41, 5.74) is 6.27. The molecule has 0 bridgehead atoms. The molecule has 2 heterocycles. The van der Waals surface area contributed by atoms with Crippen molar-refractivity contribution in [1.29, 1.82) is 0 Å². The monoisotopic (exact) mass is 391 g/mol. The van der Waals surface area contributed by atoms with Crippen molar-refractivity contribution in [3.63, 3.8) is 0 Å². The summed E-state index contributed by atoms with van der Waals surface area (Å²) in [6.07, 6.45) is 2.18. The standard InChI is InChI=1S/C25H33N3O/c1-19-6-4-7-20(16-19)10-11-25(2,3)28-17-21-8-5-9-22(23(21)18-28)24(29)27-14-12-26-13-15-27/h4-9,16,26H,10-15,17-18H2,1-3H3. The number of carbonyl (C=O) groups is 1. The highest BCUT2D eigenvalue weighted by atomic mass is 16.2. The molecule has 1 amide bonds. The van der Waals surface area contributed by atoms with Crippen molar-refractivity contribution >= 4 is 5.91 Å². The summed E-state index contributed by atoms with van der Waals surface area (Å²) in [5.74, 6) is 0.197. The zero-order chi connectivity index (χ0) is 20.4. The molecule has 1 saturated heterocycles. The van der Waals surface area contributed by atoms with Crippen LogP contribution in [0.15, 0.2) is 42.5 Å². The Morgan fingerprint density at radius 3 is 2.59 bits per heavy atom. The second-order valence-electron chi connectivity index (χ2n) is 9.14. The number of carbonyl (C=O) groups excluding carboxylic acids is 1. The van der Waals surface area contributed by atoms with Crippen molar-refractivity contribution < 1.29 is 4.79 Å². The van der Waals surface area contributed by atoms with Crippen LogP contribution in [0.3, 0.4) is 0 Å². The Balaban J connectivity index is 1.47. The minimum Gasteiger partial charge on any atom is -0.336 e. The van der Waals surface area contributed by atoms with Crippen molar-refractivity contribution in [2.75, 3.05) is 26.2 Å². The van der Waals surface area contributed by atoms with Crippen LogP contribution in [0.1, 0.15) is 52.9 Å². The Hall–Kier alpha value is -2.17. The molecular weight excluding hydrogens is 358 g/mol. The number of aryl methyl sites for hydroxylation is 2. The van der Waals surface area contributed by atoms with E-state index in [1.54, 1.807) is 0 Å². The van der Waals surface area contributed by atoms with Crippen LogP contribution < -0.4 is 5.32 Å². The van der Waals surface area contributed by atoms with Crippen molar-refractivity contribution in [2.24, 2.45) is 0 Å². The maximum Gasteiger partial charge on any atom is 0.254 e. The van der Waals surface area contributed by atoms with Gasteiger partial charge in [0.05, 0.1) is 0 Å². The number of amides is 1. The quantitative estimate of drug-likeness (QED) is 0.843. The van der Waals surface area contributed by atoms with Gasteiger partial charge in [0.1, 0.15) is 0 Å². The summed E-state index contributed by atoms with van der Waals surface area (Å²) in [6.45, 7) is 12.0. The first-order valence-electron chi connectivity index (χ1n) is 10.9. The number of rotatable bonds is 5. The minimum absolute atomic E-state index is 0.0815. The van der Waals surface area contributed by atoms with E-state index in [9.17, 15) is 4.79 Å². The molecule has 4 heteroatoms. The largest absolute Gasteiger partial charge is 0.336 e. The highest BCUT2D eigenvalue weighted by molar-refractivity contribution is 5.96. The maximum absolute atomic E-state index is 13.1. The van der Waals surface area contributed by atoms with Gasteiger partial charge in [0.25, 0.3) is 5.91 Å². The average molecular weight is 392 g/mol. The van der Waals surface area contributed by atoms with E-state index in [0.29, 0.717) is 0 Å². The third kappa shape index (κ3) is 4.39. The smallest absolute Gasteiger partial charge is 0.254 e. The molecule has 4 rings (SSSR count). The van der Waals surface area contributed by atoms with Gasteiger partial charge in [0, 0.05) is 50.4 Å². The normalized spacial score (nSPS) is 17.4. The number of hydrogen-bond acceptors (Lipinski definition) is 3. The molecule has 0 atom stereocenters. The van der Waals surface area contributed by atoms with Crippen LogP contribution in [0, 0.1) is 6.92 Å². The number of nitrogens with one attached hydrogen (secondary N) is 1. The summed E-state index contributed by atoms with van der Waals surface area (Å²) in [6, 6.07) is 15.1. The van der Waals surface area contributed by atoms with E-state index in [1.165, 1.54) is 22.3 Å². The minimum atomic E-state index is 0.0815. The van der Waals surface area contributed by atoms with Crippen LogP contribution in [-0.4, -0.2) is 47.4 Å². The fraction of sp³-hybridized carbons (Fsp3) is 0.480. The van der Waals surface area contributed by atoms with Crippen LogP contribution >= 0.6 is 0 Å². The Kier molecular flexibility index (Phi) is 5.75. The molecule has 0 radical (unpaired) electrons. The average Bonchev–Trinajstić information content (AvgIpc) is 3.18. The highest BCUT2D eigenvalue weighted by Crippen LogP contribution is 2.34. The lowest BCUT2D eigenvalue weighted by molar-refractivity contribution is 0.0731. The van der Waals surface area contributed by atoms with Crippen LogP contribution in [-0.2, 0) is 19.5 Å². The predicted octanol–water partition coefficient (Wildman–Crippen LogP) is 3.77. The molecule has 2 aromatic rings. The molecule has 154 valence electrons. The van der Waals surface area contributed by atoms with E-state index in [-0.39, 0.29) is 11.4 Å². The second kappa shape index (κ2) is 8.29. The van der Waals surface area contributed by atoms with Gasteiger partial charge in [-0.25, -0.2) is 0 Å². The van der Waals surface area contributed by atoms with E-state index in [0.717, 1.165) is 57.7 Å². The SMILES string of the molecule is Cc1cccc(CCC(C)(C)N2Cc3cccc(C(=O)N4CCNCC4)c3C2)c1. The molecule has 0 unspecified atom stereocenters. The highest BCUT2D eigenvalue weighted by Gasteiger charge is 2.34. The van der Waals surface area contributed by atoms with Gasteiger partial charge < -0.3 is 10.2 Å². The van der Waals surface area contributed by atoms with Crippen molar-refractivity contribution in [1.82, 2.24) is 15.1 Å². The maximum atomic E-state index is 13.1. The fourth-order valence-electron chi connectivity index (χ4n) is 4.56. The number of hydrogen-bond donors (Lipinski definition) is 1.